The van der Waals surface area contributed by atoms with Gasteiger partial charge in [-0.15, -0.1) is 0 Å². The van der Waals surface area contributed by atoms with Crippen LogP contribution in [0.2, 0.25) is 0 Å². The molecular formula is C26H30N4O3S. The van der Waals surface area contributed by atoms with Gasteiger partial charge in [-0.3, -0.25) is 9.78 Å². The molecule has 1 N–H and O–H groups in total. The Morgan fingerprint density at radius 3 is 2.62 bits per heavy atom. The summed E-state index contributed by atoms with van der Waals surface area (Å²) in [6, 6.07) is 14.1. The molecule has 0 saturated carbocycles. The topological polar surface area (TPSA) is 82.6 Å². The number of pyridine rings is 1. The van der Waals surface area contributed by atoms with Crippen LogP contribution in [0.25, 0.3) is 10.8 Å². The Morgan fingerprint density at radius 1 is 1.06 bits per heavy atom. The lowest BCUT2D eigenvalue weighted by molar-refractivity contribution is 0.0709. The van der Waals surface area contributed by atoms with Gasteiger partial charge in [0.15, 0.2) is 0 Å². The second kappa shape index (κ2) is 9.00. The summed E-state index contributed by atoms with van der Waals surface area (Å²) < 4.78 is 26.2. The van der Waals surface area contributed by atoms with E-state index in [0.29, 0.717) is 5.56 Å². The maximum atomic E-state index is 13.3. The smallest absolute Gasteiger partial charge is 0.253 e. The normalized spacial score (nSPS) is 18.8. The molecule has 0 spiro atoms. The van der Waals surface area contributed by atoms with E-state index in [0.717, 1.165) is 55.3 Å². The van der Waals surface area contributed by atoms with Crippen molar-refractivity contribution >= 4 is 32.4 Å². The molecule has 8 heteroatoms. The number of sulfonamides is 1. The number of anilines is 1. The minimum Gasteiger partial charge on any atom is -0.371 e. The molecule has 1 aromatic heterocycles. The van der Waals surface area contributed by atoms with Gasteiger partial charge in [-0.1, -0.05) is 12.1 Å². The lowest BCUT2D eigenvalue weighted by Gasteiger charge is -2.38. The maximum absolute atomic E-state index is 13.3. The van der Waals surface area contributed by atoms with Crippen LogP contribution in [-0.2, 0) is 16.4 Å². The summed E-state index contributed by atoms with van der Waals surface area (Å²) in [6.07, 6.45) is 8.22. The zero-order valence-electron chi connectivity index (χ0n) is 19.6. The van der Waals surface area contributed by atoms with E-state index in [1.807, 2.05) is 48.6 Å². The Labute approximate surface area is 200 Å². The van der Waals surface area contributed by atoms with Crippen LogP contribution in [-0.4, -0.2) is 56.6 Å². The van der Waals surface area contributed by atoms with Crippen LogP contribution in [0.3, 0.4) is 0 Å². The first-order valence-electron chi connectivity index (χ1n) is 11.7. The molecule has 1 atom stereocenters. The highest BCUT2D eigenvalue weighted by atomic mass is 32.2. The molecule has 1 fully saturated rings. The predicted octanol–water partition coefficient (Wildman–Crippen LogP) is 3.51. The SMILES string of the molecule is CN(C(=O)c1ccc2c(c1)C(NS(C)(=O)=O)CC2)C1CCN(c2ccc3cnccc3c2)CC1. The standard InChI is InChI=1S/C26H30N4O3S/c1-29(26(31)20-4-3-18-6-8-25(24(18)16-20)28-34(2,32)33)22-10-13-30(14-11-22)23-7-5-21-17-27-12-9-19(21)15-23/h3-5,7,9,12,15-17,22,25,28H,6,8,10-11,13-14H2,1-2H3. The number of benzene rings is 2. The van der Waals surface area contributed by atoms with E-state index >= 15 is 0 Å². The highest BCUT2D eigenvalue weighted by Gasteiger charge is 2.29. The number of carbonyl (C=O) groups excluding carboxylic acids is 1. The molecule has 5 rings (SSSR count). The summed E-state index contributed by atoms with van der Waals surface area (Å²) in [5.74, 6) is -0.00976. The molecule has 1 saturated heterocycles. The Kier molecular flexibility index (Phi) is 6.04. The Hall–Kier alpha value is -2.97. The largest absolute Gasteiger partial charge is 0.371 e. The Balaban J connectivity index is 1.25. The lowest BCUT2D eigenvalue weighted by atomic mass is 10.00. The number of amides is 1. The molecule has 34 heavy (non-hydrogen) atoms. The van der Waals surface area contributed by atoms with Crippen LogP contribution in [0.1, 0.15) is 46.8 Å². The Morgan fingerprint density at radius 2 is 1.85 bits per heavy atom. The number of aromatic nitrogens is 1. The van der Waals surface area contributed by atoms with Gasteiger partial charge in [0.05, 0.1) is 6.26 Å². The number of carbonyl (C=O) groups is 1. The molecule has 7 nitrogen and oxygen atoms in total. The third kappa shape index (κ3) is 4.65. The van der Waals surface area contributed by atoms with Gasteiger partial charge >= 0.3 is 0 Å². The van der Waals surface area contributed by atoms with E-state index in [1.165, 1.54) is 17.3 Å². The van der Waals surface area contributed by atoms with Gasteiger partial charge in [0.2, 0.25) is 10.0 Å². The van der Waals surface area contributed by atoms with Crippen LogP contribution in [0.4, 0.5) is 5.69 Å². The average Bonchev–Trinajstić information content (AvgIpc) is 3.23. The van der Waals surface area contributed by atoms with Crippen molar-refractivity contribution in [2.75, 3.05) is 31.3 Å². The number of piperidine rings is 1. The van der Waals surface area contributed by atoms with E-state index in [2.05, 4.69) is 32.8 Å². The molecular weight excluding hydrogens is 448 g/mol. The molecule has 0 radical (unpaired) electrons. The molecule has 1 aliphatic heterocycles. The monoisotopic (exact) mass is 478 g/mol. The fourth-order valence-corrected chi connectivity index (χ4v) is 6.03. The van der Waals surface area contributed by atoms with Crippen molar-refractivity contribution in [3.8, 4) is 0 Å². The number of hydrogen-bond acceptors (Lipinski definition) is 5. The minimum atomic E-state index is -3.31. The third-order valence-corrected chi connectivity index (χ3v) is 7.86. The van der Waals surface area contributed by atoms with Crippen molar-refractivity contribution < 1.29 is 13.2 Å². The number of hydrogen-bond donors (Lipinski definition) is 1. The van der Waals surface area contributed by atoms with Crippen molar-refractivity contribution in [2.45, 2.75) is 37.8 Å². The fourth-order valence-electron chi connectivity index (χ4n) is 5.26. The zero-order chi connectivity index (χ0) is 23.9. The quantitative estimate of drug-likeness (QED) is 0.607. The lowest BCUT2D eigenvalue weighted by Crippen LogP contribution is -2.45. The van der Waals surface area contributed by atoms with Gasteiger partial charge in [-0.25, -0.2) is 13.1 Å². The van der Waals surface area contributed by atoms with Crippen LogP contribution in [0, 0.1) is 0 Å². The van der Waals surface area contributed by atoms with Crippen LogP contribution >= 0.6 is 0 Å². The molecule has 1 aliphatic carbocycles. The molecule has 3 aromatic rings. The highest BCUT2D eigenvalue weighted by molar-refractivity contribution is 7.88. The first-order valence-corrected chi connectivity index (χ1v) is 13.6. The van der Waals surface area contributed by atoms with E-state index in [4.69, 9.17) is 0 Å². The van der Waals surface area contributed by atoms with E-state index in [-0.39, 0.29) is 18.0 Å². The molecule has 2 aromatic carbocycles. The van der Waals surface area contributed by atoms with E-state index < -0.39 is 10.0 Å². The van der Waals surface area contributed by atoms with Crippen LogP contribution in [0.5, 0.6) is 0 Å². The first-order chi connectivity index (χ1) is 16.3. The second-order valence-corrected chi connectivity index (χ2v) is 11.2. The summed E-state index contributed by atoms with van der Waals surface area (Å²) >= 11 is 0. The van der Waals surface area contributed by atoms with Gasteiger partial charge in [0.1, 0.15) is 0 Å². The summed E-state index contributed by atoms with van der Waals surface area (Å²) in [4.78, 5) is 21.7. The Bertz CT molecular complexity index is 1330. The summed E-state index contributed by atoms with van der Waals surface area (Å²) in [5.41, 5.74) is 3.86. The second-order valence-electron chi connectivity index (χ2n) is 9.44. The highest BCUT2D eigenvalue weighted by Crippen LogP contribution is 2.33. The molecule has 178 valence electrons. The molecule has 2 aliphatic rings. The maximum Gasteiger partial charge on any atom is 0.253 e. The summed E-state index contributed by atoms with van der Waals surface area (Å²) in [6.45, 7) is 1.78. The fraction of sp³-hybridized carbons (Fsp3) is 0.385. The van der Waals surface area contributed by atoms with Gasteiger partial charge in [0.25, 0.3) is 5.91 Å². The van der Waals surface area contributed by atoms with Crippen molar-refractivity contribution in [1.29, 1.82) is 0 Å². The van der Waals surface area contributed by atoms with E-state index in [9.17, 15) is 13.2 Å². The van der Waals surface area contributed by atoms with Crippen molar-refractivity contribution in [1.82, 2.24) is 14.6 Å². The zero-order valence-corrected chi connectivity index (χ0v) is 20.4. The molecule has 2 heterocycles. The predicted molar refractivity (Wildman–Crippen MR) is 135 cm³/mol. The number of fused-ring (bicyclic) bond motifs is 2. The summed E-state index contributed by atoms with van der Waals surface area (Å²) in [5, 5.41) is 2.32. The van der Waals surface area contributed by atoms with Crippen molar-refractivity contribution in [3.63, 3.8) is 0 Å². The summed E-state index contributed by atoms with van der Waals surface area (Å²) in [7, 11) is -1.43. The molecule has 0 bridgehead atoms. The van der Waals surface area contributed by atoms with Gasteiger partial charge in [0, 0.05) is 61.3 Å². The van der Waals surface area contributed by atoms with Crippen molar-refractivity contribution in [2.24, 2.45) is 0 Å². The minimum absolute atomic E-state index is 0.00976. The van der Waals surface area contributed by atoms with Crippen LogP contribution < -0.4 is 9.62 Å². The number of rotatable bonds is 5. The van der Waals surface area contributed by atoms with E-state index in [1.54, 1.807) is 0 Å². The van der Waals surface area contributed by atoms with Crippen molar-refractivity contribution in [3.05, 3.63) is 71.5 Å². The van der Waals surface area contributed by atoms with Gasteiger partial charge < -0.3 is 9.80 Å². The number of nitrogens with zero attached hydrogens (tertiary/aromatic N) is 3. The number of aryl methyl sites for hydroxylation is 1. The number of nitrogens with one attached hydrogen (secondary N) is 1. The molecule has 1 unspecified atom stereocenters. The third-order valence-electron chi connectivity index (χ3n) is 7.15. The average molecular weight is 479 g/mol. The van der Waals surface area contributed by atoms with Gasteiger partial charge in [-0.05, 0) is 72.5 Å². The van der Waals surface area contributed by atoms with Crippen LogP contribution in [0.15, 0.2) is 54.9 Å². The van der Waals surface area contributed by atoms with Gasteiger partial charge in [-0.2, -0.15) is 0 Å². The first kappa shape index (κ1) is 22.8. The molecule has 1 amide bonds.